The number of Topliss-reactive ketones (excluding diaryl/α,β-unsaturated/α-hetero) is 1. The maximum Gasteiger partial charge on any atom is 0.274 e. The standard InChI is InChI=1S/C33H35N5O3S/c1-36-15-22(16-36)20-9-10-31(34-14-20)35-27-13-21(17-37(2)33(27)41)23-5-3-7-28(26(23)19-39)38-12-11-24-25-6-4-8-29(40)32(25)42-30(24)18-38/h3,5,7,9-10,13-14,17,22,39H,4,6,8,11-12,15-16,18-19H2,1-2H3,(H,34,35)/i4D2,6D2,8D2. The number of aliphatic hydroxyl groups is 1. The van der Waals surface area contributed by atoms with E-state index in [1.165, 1.54) is 4.57 Å². The number of rotatable bonds is 6. The highest BCUT2D eigenvalue weighted by Crippen LogP contribution is 2.40. The van der Waals surface area contributed by atoms with Gasteiger partial charge in [0.15, 0.2) is 5.78 Å². The maximum atomic E-state index is 13.2. The van der Waals surface area contributed by atoms with Crippen molar-refractivity contribution in [2.75, 3.05) is 36.9 Å². The zero-order valence-electron chi connectivity index (χ0n) is 29.4. The van der Waals surface area contributed by atoms with Crippen molar-refractivity contribution < 1.29 is 18.1 Å². The first-order valence-electron chi connectivity index (χ1n) is 17.0. The molecule has 0 amide bonds. The van der Waals surface area contributed by atoms with Crippen molar-refractivity contribution in [3.05, 3.63) is 91.2 Å². The first kappa shape index (κ1) is 21.0. The second-order valence-electron chi connectivity index (χ2n) is 11.1. The number of thiophene rings is 1. The van der Waals surface area contributed by atoms with Gasteiger partial charge in [-0.25, -0.2) is 4.98 Å². The summed E-state index contributed by atoms with van der Waals surface area (Å²) in [6.07, 6.45) is -4.86. The predicted molar refractivity (Wildman–Crippen MR) is 167 cm³/mol. The van der Waals surface area contributed by atoms with Crippen molar-refractivity contribution in [2.24, 2.45) is 7.05 Å². The van der Waals surface area contributed by atoms with E-state index in [-0.39, 0.29) is 29.2 Å². The van der Waals surface area contributed by atoms with Crippen molar-refractivity contribution in [1.82, 2.24) is 14.5 Å². The Kier molecular flexibility index (Phi) is 5.40. The molecule has 4 aromatic rings. The van der Waals surface area contributed by atoms with E-state index < -0.39 is 24.9 Å². The molecule has 1 aromatic carbocycles. The van der Waals surface area contributed by atoms with Crippen molar-refractivity contribution in [2.45, 2.75) is 44.6 Å². The van der Waals surface area contributed by atoms with Crippen LogP contribution in [-0.2, 0) is 33.0 Å². The fraction of sp³-hybridized carbons (Fsp3) is 0.364. The van der Waals surface area contributed by atoms with Gasteiger partial charge in [0, 0.05) is 81.3 Å². The van der Waals surface area contributed by atoms with E-state index >= 15 is 0 Å². The molecule has 0 unspecified atom stereocenters. The largest absolute Gasteiger partial charge is 0.392 e. The Morgan fingerprint density at radius 1 is 1.14 bits per heavy atom. The fourth-order valence-corrected chi connectivity index (χ4v) is 7.35. The lowest BCUT2D eigenvalue weighted by molar-refractivity contribution is 0.0976. The Labute approximate surface area is 257 Å². The number of carbonyl (C=O) groups is 1. The number of nitrogens with one attached hydrogen (secondary N) is 1. The molecule has 2 aliphatic heterocycles. The number of benzene rings is 1. The number of aromatic nitrogens is 2. The molecule has 216 valence electrons. The van der Waals surface area contributed by atoms with Gasteiger partial charge in [-0.3, -0.25) is 9.59 Å². The Balaban J connectivity index is 1.20. The highest BCUT2D eigenvalue weighted by Gasteiger charge is 2.30. The van der Waals surface area contributed by atoms with E-state index in [1.807, 2.05) is 41.4 Å². The average molecular weight is 588 g/mol. The molecular formula is C33H35N5O3S. The summed E-state index contributed by atoms with van der Waals surface area (Å²) in [7, 11) is 3.74. The van der Waals surface area contributed by atoms with E-state index in [9.17, 15) is 14.7 Å². The van der Waals surface area contributed by atoms with Crippen LogP contribution in [0.25, 0.3) is 11.1 Å². The lowest BCUT2D eigenvalue weighted by atomic mass is 9.91. The monoisotopic (exact) mass is 587 g/mol. The summed E-state index contributed by atoms with van der Waals surface area (Å²) in [5.41, 5.74) is 4.55. The number of fused-ring (bicyclic) bond motifs is 3. The zero-order chi connectivity index (χ0) is 34.3. The summed E-state index contributed by atoms with van der Waals surface area (Å²) in [5, 5.41) is 13.8. The van der Waals surface area contributed by atoms with Crippen LogP contribution in [-0.4, -0.2) is 52.0 Å². The lowest BCUT2D eigenvalue weighted by Gasteiger charge is -2.36. The number of ketones is 1. The molecule has 7 rings (SSSR count). The van der Waals surface area contributed by atoms with Gasteiger partial charge in [-0.15, -0.1) is 11.3 Å². The van der Waals surface area contributed by atoms with Crippen LogP contribution < -0.4 is 15.8 Å². The highest BCUT2D eigenvalue weighted by atomic mass is 32.1. The molecule has 8 nitrogen and oxygen atoms in total. The summed E-state index contributed by atoms with van der Waals surface area (Å²) >= 11 is 1.02. The van der Waals surface area contributed by atoms with E-state index in [0.29, 0.717) is 52.0 Å². The topological polar surface area (TPSA) is 90.7 Å². The van der Waals surface area contributed by atoms with E-state index in [1.54, 1.807) is 19.3 Å². The molecule has 0 atom stereocenters. The van der Waals surface area contributed by atoms with Crippen LogP contribution in [0.2, 0.25) is 0 Å². The van der Waals surface area contributed by atoms with Crippen molar-refractivity contribution in [1.29, 1.82) is 0 Å². The van der Waals surface area contributed by atoms with E-state index in [0.717, 1.165) is 41.2 Å². The minimum Gasteiger partial charge on any atom is -0.392 e. The number of hydrogen-bond donors (Lipinski definition) is 2. The number of nitrogens with zero attached hydrogens (tertiary/aromatic N) is 4. The van der Waals surface area contributed by atoms with Crippen LogP contribution in [0.5, 0.6) is 0 Å². The Bertz CT molecular complexity index is 2010. The van der Waals surface area contributed by atoms with Crippen LogP contribution in [0.4, 0.5) is 17.2 Å². The fourth-order valence-electron chi connectivity index (χ4n) is 6.13. The average Bonchev–Trinajstić information content (AvgIpc) is 3.44. The van der Waals surface area contributed by atoms with Crippen molar-refractivity contribution in [3.8, 4) is 11.1 Å². The Morgan fingerprint density at radius 3 is 2.76 bits per heavy atom. The van der Waals surface area contributed by atoms with Gasteiger partial charge in [0.2, 0.25) is 0 Å². The van der Waals surface area contributed by atoms with Crippen LogP contribution in [0.1, 0.15) is 63.7 Å². The lowest BCUT2D eigenvalue weighted by Crippen LogP contribution is -2.41. The summed E-state index contributed by atoms with van der Waals surface area (Å²) in [4.78, 5) is 35.7. The van der Waals surface area contributed by atoms with Gasteiger partial charge in [0.1, 0.15) is 11.5 Å². The molecule has 42 heavy (non-hydrogen) atoms. The Morgan fingerprint density at radius 2 is 2.00 bits per heavy atom. The molecule has 5 heterocycles. The second-order valence-corrected chi connectivity index (χ2v) is 12.2. The molecule has 0 saturated carbocycles. The number of aliphatic hydroxyl groups excluding tert-OH is 1. The molecule has 3 aromatic heterocycles. The normalized spacial score (nSPS) is 22.8. The first-order chi connectivity index (χ1) is 22.7. The molecule has 9 heteroatoms. The molecular weight excluding hydrogens is 546 g/mol. The van der Waals surface area contributed by atoms with Gasteiger partial charge in [-0.2, -0.15) is 0 Å². The zero-order valence-corrected chi connectivity index (χ0v) is 24.2. The maximum absolute atomic E-state index is 13.2. The molecule has 1 saturated heterocycles. The van der Waals surface area contributed by atoms with Crippen LogP contribution >= 0.6 is 11.3 Å². The number of likely N-dealkylation sites (N-methyl/N-ethyl adjacent to an activating group) is 1. The van der Waals surface area contributed by atoms with Gasteiger partial charge >= 0.3 is 0 Å². The minimum atomic E-state index is -3.04. The summed E-state index contributed by atoms with van der Waals surface area (Å²) in [5.74, 6) is -0.0291. The summed E-state index contributed by atoms with van der Waals surface area (Å²) in [6.45, 7) is 2.36. The number of aryl methyl sites for hydroxylation is 1. The number of anilines is 3. The smallest absolute Gasteiger partial charge is 0.274 e. The summed E-state index contributed by atoms with van der Waals surface area (Å²) in [6, 6.07) is 11.3. The molecule has 1 fully saturated rings. The minimum absolute atomic E-state index is 0.0339. The van der Waals surface area contributed by atoms with Crippen LogP contribution in [0.3, 0.4) is 0 Å². The van der Waals surface area contributed by atoms with Gasteiger partial charge in [0.25, 0.3) is 5.56 Å². The van der Waals surface area contributed by atoms with Gasteiger partial charge < -0.3 is 24.8 Å². The summed E-state index contributed by atoms with van der Waals surface area (Å²) < 4.78 is 51.5. The number of carbonyl (C=O) groups excluding carboxylic acids is 1. The third-order valence-corrected chi connectivity index (χ3v) is 9.57. The van der Waals surface area contributed by atoms with Gasteiger partial charge in [-0.05, 0) is 66.7 Å². The van der Waals surface area contributed by atoms with Crippen molar-refractivity contribution >= 4 is 34.3 Å². The van der Waals surface area contributed by atoms with Crippen LogP contribution in [0.15, 0.2) is 53.6 Å². The van der Waals surface area contributed by atoms with Gasteiger partial charge in [0.05, 0.1) is 18.0 Å². The third kappa shape index (κ3) is 4.75. The van der Waals surface area contributed by atoms with E-state index in [2.05, 4.69) is 22.2 Å². The first-order valence-corrected chi connectivity index (χ1v) is 14.8. The number of hydrogen-bond acceptors (Lipinski definition) is 8. The Hall–Kier alpha value is -3.79. The van der Waals surface area contributed by atoms with E-state index in [4.69, 9.17) is 8.22 Å². The molecule has 2 N–H and O–H groups in total. The molecule has 0 radical (unpaired) electrons. The number of likely N-dealkylation sites (tertiary alicyclic amines) is 1. The quantitative estimate of drug-likeness (QED) is 0.333. The predicted octanol–water partition coefficient (Wildman–Crippen LogP) is 4.86. The molecule has 0 bridgehead atoms. The molecule has 0 spiro atoms. The molecule has 1 aliphatic carbocycles. The number of pyridine rings is 2. The third-order valence-electron chi connectivity index (χ3n) is 8.36. The van der Waals surface area contributed by atoms with Gasteiger partial charge in [-0.1, -0.05) is 18.2 Å². The highest BCUT2D eigenvalue weighted by molar-refractivity contribution is 7.14. The van der Waals surface area contributed by atoms with Crippen molar-refractivity contribution in [3.63, 3.8) is 0 Å². The second kappa shape index (κ2) is 10.8. The SMILES string of the molecule is [2H]C1([2H])C(=O)c2sc3c(c2C([2H])([2H])C1([2H])[2H])CCN(c1cccc(-c2cc(Nc4ccc(C5CN(C)C5)cn4)c(=O)n(C)c2)c1CO)C3. The molecule has 3 aliphatic rings. The van der Waals surface area contributed by atoms with Crippen LogP contribution in [0, 0.1) is 0 Å².